The van der Waals surface area contributed by atoms with Crippen LogP contribution in [0.25, 0.3) is 0 Å². The van der Waals surface area contributed by atoms with Gasteiger partial charge in [-0.3, -0.25) is 0 Å². The van der Waals surface area contributed by atoms with Crippen LogP contribution in [0.1, 0.15) is 47.5 Å². The number of hydrogen-bond donors (Lipinski definition) is 2. The van der Waals surface area contributed by atoms with E-state index in [4.69, 9.17) is 5.73 Å². The minimum Gasteiger partial charge on any atom is -0.393 e. The Morgan fingerprint density at radius 3 is 1.75 bits per heavy atom. The first-order valence-corrected chi connectivity index (χ1v) is 4.57. The maximum Gasteiger partial charge on any atom is 0.0562 e. The lowest BCUT2D eigenvalue weighted by molar-refractivity contribution is 0.0950. The number of hydrogen-bond acceptors (Lipinski definition) is 2. The molecule has 1 unspecified atom stereocenters. The van der Waals surface area contributed by atoms with Gasteiger partial charge in [-0.1, -0.05) is 20.8 Å². The van der Waals surface area contributed by atoms with Gasteiger partial charge in [0.2, 0.25) is 0 Å². The summed E-state index contributed by atoms with van der Waals surface area (Å²) in [6.07, 6.45) is 1.21. The van der Waals surface area contributed by atoms with Crippen molar-refractivity contribution in [2.75, 3.05) is 0 Å². The molecule has 0 aliphatic heterocycles. The van der Waals surface area contributed by atoms with Crippen LogP contribution in [-0.2, 0) is 0 Å². The summed E-state index contributed by atoms with van der Waals surface area (Å²) in [5.41, 5.74) is 5.72. The zero-order chi connectivity index (χ0) is 9.99. The van der Waals surface area contributed by atoms with Crippen molar-refractivity contribution < 1.29 is 5.11 Å². The molecule has 0 aliphatic carbocycles. The van der Waals surface area contributed by atoms with Crippen molar-refractivity contribution >= 4 is 0 Å². The first kappa shape index (κ1) is 11.9. The molecule has 74 valence electrons. The molecule has 0 aromatic carbocycles. The third kappa shape index (κ3) is 8.02. The average molecular weight is 173 g/mol. The highest BCUT2D eigenvalue weighted by Gasteiger charge is 2.21. The fraction of sp³-hybridized carbons (Fsp3) is 1.00. The first-order chi connectivity index (χ1) is 5.10. The van der Waals surface area contributed by atoms with Crippen LogP contribution in [0.4, 0.5) is 0 Å². The highest BCUT2D eigenvalue weighted by atomic mass is 16.3. The lowest BCUT2D eigenvalue weighted by Crippen LogP contribution is -2.37. The largest absolute Gasteiger partial charge is 0.393 e. The smallest absolute Gasteiger partial charge is 0.0562 e. The molecule has 2 heteroatoms. The number of nitrogens with two attached hydrogens (primary N) is 1. The van der Waals surface area contributed by atoms with Crippen LogP contribution in [0.5, 0.6) is 0 Å². The Morgan fingerprint density at radius 1 is 1.08 bits per heavy atom. The second kappa shape index (κ2) is 3.75. The summed E-state index contributed by atoms with van der Waals surface area (Å²) in [6, 6.07) is 0. The van der Waals surface area contributed by atoms with Crippen molar-refractivity contribution in [1.82, 2.24) is 0 Å². The molecule has 0 aliphatic rings. The van der Waals surface area contributed by atoms with E-state index >= 15 is 0 Å². The maximum absolute atomic E-state index is 9.64. The van der Waals surface area contributed by atoms with Gasteiger partial charge in [-0.2, -0.15) is 0 Å². The molecule has 0 saturated heterocycles. The van der Waals surface area contributed by atoms with Crippen molar-refractivity contribution in [2.45, 2.75) is 59.1 Å². The van der Waals surface area contributed by atoms with Gasteiger partial charge in [0.15, 0.2) is 0 Å². The quantitative estimate of drug-likeness (QED) is 0.685. The average Bonchev–Trinajstić information content (AvgIpc) is 1.49. The van der Waals surface area contributed by atoms with E-state index in [9.17, 15) is 5.11 Å². The van der Waals surface area contributed by atoms with Gasteiger partial charge >= 0.3 is 0 Å². The van der Waals surface area contributed by atoms with Crippen LogP contribution >= 0.6 is 0 Å². The van der Waals surface area contributed by atoms with Crippen molar-refractivity contribution in [3.63, 3.8) is 0 Å². The minimum absolute atomic E-state index is 0.185. The van der Waals surface area contributed by atoms with Gasteiger partial charge in [0, 0.05) is 5.54 Å². The summed E-state index contributed by atoms with van der Waals surface area (Å²) < 4.78 is 0. The Labute approximate surface area is 76.2 Å². The fourth-order valence-corrected chi connectivity index (χ4v) is 1.39. The van der Waals surface area contributed by atoms with Gasteiger partial charge in [0.05, 0.1) is 6.10 Å². The summed E-state index contributed by atoms with van der Waals surface area (Å²) in [4.78, 5) is 0. The fourth-order valence-electron chi connectivity index (χ4n) is 1.39. The molecule has 0 rings (SSSR count). The van der Waals surface area contributed by atoms with Crippen molar-refractivity contribution in [3.8, 4) is 0 Å². The molecular formula is C10H23NO. The van der Waals surface area contributed by atoms with Gasteiger partial charge in [0.25, 0.3) is 0 Å². The molecule has 0 saturated carbocycles. The molecule has 0 aromatic heterocycles. The summed E-state index contributed by atoms with van der Waals surface area (Å²) in [6.45, 7) is 10.3. The molecule has 2 nitrogen and oxygen atoms in total. The van der Waals surface area contributed by atoms with Crippen LogP contribution in [0.2, 0.25) is 0 Å². The molecule has 12 heavy (non-hydrogen) atoms. The van der Waals surface area contributed by atoms with E-state index < -0.39 is 0 Å². The molecule has 0 heterocycles. The Balaban J connectivity index is 3.83. The molecule has 0 bridgehead atoms. The molecule has 0 fully saturated rings. The van der Waals surface area contributed by atoms with E-state index in [2.05, 4.69) is 20.8 Å². The molecule has 0 amide bonds. The van der Waals surface area contributed by atoms with E-state index in [1.807, 2.05) is 13.8 Å². The predicted octanol–water partition coefficient (Wildman–Crippen LogP) is 1.91. The lowest BCUT2D eigenvalue weighted by Gasteiger charge is -2.27. The SMILES string of the molecule is CC(C)(C)CC(O)CC(C)(C)N. The zero-order valence-electron chi connectivity index (χ0n) is 9.02. The third-order valence-electron chi connectivity index (χ3n) is 1.61. The van der Waals surface area contributed by atoms with Crippen molar-refractivity contribution in [2.24, 2.45) is 11.1 Å². The summed E-state index contributed by atoms with van der Waals surface area (Å²) in [5, 5.41) is 9.64. The van der Waals surface area contributed by atoms with E-state index in [0.717, 1.165) is 6.42 Å². The first-order valence-electron chi connectivity index (χ1n) is 4.57. The normalized spacial score (nSPS) is 16.2. The molecule has 1 atom stereocenters. The van der Waals surface area contributed by atoms with E-state index in [1.165, 1.54) is 0 Å². The third-order valence-corrected chi connectivity index (χ3v) is 1.61. The topological polar surface area (TPSA) is 46.2 Å². The van der Waals surface area contributed by atoms with Crippen LogP contribution in [0, 0.1) is 5.41 Å². The summed E-state index contributed by atoms with van der Waals surface area (Å²) in [5.74, 6) is 0. The standard InChI is InChI=1S/C10H23NO/c1-9(2,3)6-8(12)7-10(4,5)11/h8,12H,6-7,11H2,1-5H3. The number of aliphatic hydroxyl groups excluding tert-OH is 1. The molecule has 0 spiro atoms. The summed E-state index contributed by atoms with van der Waals surface area (Å²) in [7, 11) is 0. The Bertz CT molecular complexity index is 114. The number of rotatable bonds is 3. The Morgan fingerprint density at radius 2 is 1.50 bits per heavy atom. The molecular weight excluding hydrogens is 150 g/mol. The van der Waals surface area contributed by atoms with Crippen molar-refractivity contribution in [3.05, 3.63) is 0 Å². The van der Waals surface area contributed by atoms with E-state index in [0.29, 0.717) is 6.42 Å². The maximum atomic E-state index is 9.64. The van der Waals surface area contributed by atoms with Gasteiger partial charge in [-0.25, -0.2) is 0 Å². The minimum atomic E-state index is -0.273. The Hall–Kier alpha value is -0.0800. The van der Waals surface area contributed by atoms with Gasteiger partial charge in [-0.05, 0) is 32.1 Å². The van der Waals surface area contributed by atoms with Crippen LogP contribution in [-0.4, -0.2) is 16.7 Å². The van der Waals surface area contributed by atoms with Gasteiger partial charge in [-0.15, -0.1) is 0 Å². The monoisotopic (exact) mass is 173 g/mol. The van der Waals surface area contributed by atoms with Crippen LogP contribution < -0.4 is 5.73 Å². The highest BCUT2D eigenvalue weighted by molar-refractivity contribution is 4.78. The van der Waals surface area contributed by atoms with Gasteiger partial charge < -0.3 is 10.8 Å². The number of aliphatic hydroxyl groups is 1. The van der Waals surface area contributed by atoms with Crippen LogP contribution in [0.15, 0.2) is 0 Å². The second-order valence-electron chi connectivity index (χ2n) is 5.61. The van der Waals surface area contributed by atoms with E-state index in [-0.39, 0.29) is 17.1 Å². The Kier molecular flexibility index (Phi) is 3.73. The van der Waals surface area contributed by atoms with Gasteiger partial charge in [0.1, 0.15) is 0 Å². The molecule has 0 radical (unpaired) electrons. The lowest BCUT2D eigenvalue weighted by atomic mass is 9.85. The highest BCUT2D eigenvalue weighted by Crippen LogP contribution is 2.24. The summed E-state index contributed by atoms with van der Waals surface area (Å²) >= 11 is 0. The zero-order valence-corrected chi connectivity index (χ0v) is 9.02. The molecule has 0 aromatic rings. The van der Waals surface area contributed by atoms with E-state index in [1.54, 1.807) is 0 Å². The molecule has 3 N–H and O–H groups in total. The van der Waals surface area contributed by atoms with Crippen LogP contribution in [0.3, 0.4) is 0 Å². The predicted molar refractivity (Wildman–Crippen MR) is 53.0 cm³/mol. The second-order valence-corrected chi connectivity index (χ2v) is 5.61. The van der Waals surface area contributed by atoms with Crippen molar-refractivity contribution in [1.29, 1.82) is 0 Å².